The molecule has 12 rings (SSSR count). The van der Waals surface area contributed by atoms with Crippen LogP contribution in [0.25, 0.3) is 45.0 Å². The Bertz CT molecular complexity index is 2870. The molecule has 9 heteroatoms. The number of hydrogen-bond acceptors (Lipinski definition) is 8. The SMILES string of the molecule is c1ccc(-c2cccc(N3c4ccccc4N(c4cccc(-c5ccccc5)n4)[Si]34N(c3cccc(-c5ccccc5)n3)c3ccccc3N4c3cccc(-c4ccccc4)n3)n2)cc1. The van der Waals surface area contributed by atoms with Gasteiger partial charge in [-0.15, -0.1) is 0 Å². The van der Waals surface area contributed by atoms with Crippen molar-refractivity contribution in [1.82, 2.24) is 19.9 Å². The van der Waals surface area contributed by atoms with Crippen molar-refractivity contribution in [3.8, 4) is 45.0 Å². The quantitative estimate of drug-likeness (QED) is 0.140. The van der Waals surface area contributed by atoms with Crippen molar-refractivity contribution < 1.29 is 0 Å². The molecule has 0 saturated carbocycles. The summed E-state index contributed by atoms with van der Waals surface area (Å²) in [5.74, 6) is 3.14. The summed E-state index contributed by atoms with van der Waals surface area (Å²) in [5.41, 5.74) is 11.6. The Morgan fingerprint density at radius 2 is 0.431 bits per heavy atom. The number of anilines is 8. The molecule has 6 aromatic carbocycles. The first-order chi connectivity index (χ1) is 32.3. The van der Waals surface area contributed by atoms with Gasteiger partial charge in [-0.1, -0.05) is 170 Å². The zero-order valence-corrected chi connectivity index (χ0v) is 36.2. The van der Waals surface area contributed by atoms with Gasteiger partial charge in [-0.2, -0.15) is 0 Å². The fourth-order valence-electron chi connectivity index (χ4n) is 9.31. The number of aromatic nitrogens is 4. The van der Waals surface area contributed by atoms with Gasteiger partial charge in [0.25, 0.3) is 0 Å². The molecule has 0 fully saturated rings. The summed E-state index contributed by atoms with van der Waals surface area (Å²) in [6, 6.07) is 84.3. The topological polar surface area (TPSA) is 64.5 Å². The summed E-state index contributed by atoms with van der Waals surface area (Å²) in [6.45, 7) is 0. The molecule has 0 bridgehead atoms. The molecule has 0 radical (unpaired) electrons. The second kappa shape index (κ2) is 15.9. The van der Waals surface area contributed by atoms with E-state index in [0.29, 0.717) is 0 Å². The summed E-state index contributed by atoms with van der Waals surface area (Å²) in [4.78, 5) is 22.4. The second-order valence-electron chi connectivity index (χ2n) is 15.9. The maximum absolute atomic E-state index is 5.60. The molecule has 0 amide bonds. The lowest BCUT2D eigenvalue weighted by atomic mass is 10.1. The van der Waals surface area contributed by atoms with Gasteiger partial charge in [0.1, 0.15) is 23.3 Å². The second-order valence-corrected chi connectivity index (χ2v) is 18.9. The minimum absolute atomic E-state index is 0.786. The highest BCUT2D eigenvalue weighted by Gasteiger charge is 2.71. The van der Waals surface area contributed by atoms with Crippen molar-refractivity contribution in [2.24, 2.45) is 0 Å². The Morgan fingerprint density at radius 3 is 0.662 bits per heavy atom. The van der Waals surface area contributed by atoms with Gasteiger partial charge in [0.2, 0.25) is 0 Å². The molecular weight excluding hydrogens is 813 g/mol. The van der Waals surface area contributed by atoms with Gasteiger partial charge in [-0.25, -0.2) is 19.9 Å². The van der Waals surface area contributed by atoms with Crippen LogP contribution in [0.3, 0.4) is 0 Å². The molecular formula is C56H40N8Si. The van der Waals surface area contributed by atoms with E-state index < -0.39 is 8.72 Å². The van der Waals surface area contributed by atoms with Crippen LogP contribution < -0.4 is 18.3 Å². The fraction of sp³-hybridized carbons (Fsp3) is 0. The Hall–Kier alpha value is -8.66. The number of benzene rings is 6. The van der Waals surface area contributed by atoms with E-state index in [4.69, 9.17) is 19.9 Å². The number of hydrogen-bond donors (Lipinski definition) is 0. The first-order valence-corrected chi connectivity index (χ1v) is 23.5. The molecule has 10 aromatic rings. The predicted octanol–water partition coefficient (Wildman–Crippen LogP) is 13.6. The standard InChI is InChI=1S/C56H40N8Si/c1-5-21-41(22-6-1)45-29-17-37-53(57-45)61-49-33-13-14-34-50(49)62(54-38-18-30-46(58-54)42-23-7-2-8-24-42)65(61)63(55-39-19-31-47(59-55)43-25-9-3-10-26-43)51-35-15-16-36-52(51)64(65)56-40-20-32-48(60-56)44-27-11-4-12-28-44/h1-40H. The molecule has 0 unspecified atom stereocenters. The zero-order valence-electron chi connectivity index (χ0n) is 35.2. The Labute approximate surface area is 379 Å². The predicted molar refractivity (Wildman–Crippen MR) is 266 cm³/mol. The van der Waals surface area contributed by atoms with Crippen molar-refractivity contribution in [2.45, 2.75) is 0 Å². The van der Waals surface area contributed by atoms with Crippen LogP contribution >= 0.6 is 0 Å². The summed E-state index contributed by atoms with van der Waals surface area (Å²) < 4.78 is 9.94. The highest BCUT2D eigenvalue weighted by Crippen LogP contribution is 2.61. The highest BCUT2D eigenvalue weighted by molar-refractivity contribution is 6.99. The molecule has 4 aromatic heterocycles. The largest absolute Gasteiger partial charge is 0.526 e. The monoisotopic (exact) mass is 852 g/mol. The van der Waals surface area contributed by atoms with E-state index in [1.165, 1.54) is 0 Å². The minimum atomic E-state index is -3.97. The molecule has 308 valence electrons. The normalized spacial score (nSPS) is 13.5. The summed E-state index contributed by atoms with van der Waals surface area (Å²) in [7, 11) is -3.97. The molecule has 2 aliphatic rings. The van der Waals surface area contributed by atoms with Crippen molar-refractivity contribution in [3.05, 3.63) is 243 Å². The van der Waals surface area contributed by atoms with E-state index in [1.807, 2.05) is 24.3 Å². The number of para-hydroxylation sites is 4. The first kappa shape index (κ1) is 38.0. The average Bonchev–Trinajstić information content (AvgIpc) is 3.86. The molecule has 6 heterocycles. The van der Waals surface area contributed by atoms with E-state index in [-0.39, 0.29) is 0 Å². The van der Waals surface area contributed by atoms with Crippen molar-refractivity contribution in [2.75, 3.05) is 18.3 Å². The van der Waals surface area contributed by atoms with E-state index in [2.05, 4.69) is 237 Å². The van der Waals surface area contributed by atoms with Gasteiger partial charge in [-0.05, 0) is 72.8 Å². The van der Waals surface area contributed by atoms with E-state index in [0.717, 1.165) is 91.1 Å². The smallest absolute Gasteiger partial charge is 0.298 e. The van der Waals surface area contributed by atoms with Crippen LogP contribution in [0.5, 0.6) is 0 Å². The van der Waals surface area contributed by atoms with Crippen LogP contribution in [0.4, 0.5) is 46.0 Å². The molecule has 65 heavy (non-hydrogen) atoms. The average molecular weight is 853 g/mol. The molecule has 2 aliphatic heterocycles. The minimum Gasteiger partial charge on any atom is -0.298 e. The van der Waals surface area contributed by atoms with Crippen LogP contribution in [0.2, 0.25) is 0 Å². The lowest BCUT2D eigenvalue weighted by molar-refractivity contribution is 1.09. The summed E-state index contributed by atoms with van der Waals surface area (Å²) >= 11 is 0. The van der Waals surface area contributed by atoms with Gasteiger partial charge in [0, 0.05) is 22.3 Å². The number of fused-ring (bicyclic) bond motifs is 2. The van der Waals surface area contributed by atoms with E-state index >= 15 is 0 Å². The summed E-state index contributed by atoms with van der Waals surface area (Å²) in [6.07, 6.45) is 0. The van der Waals surface area contributed by atoms with Gasteiger partial charge in [0.05, 0.1) is 45.5 Å². The molecule has 0 saturated heterocycles. The lowest BCUT2D eigenvalue weighted by Gasteiger charge is -2.48. The Kier molecular flexibility index (Phi) is 9.31. The third-order valence-electron chi connectivity index (χ3n) is 12.1. The molecule has 0 atom stereocenters. The van der Waals surface area contributed by atoms with Crippen LogP contribution in [-0.4, -0.2) is 28.7 Å². The van der Waals surface area contributed by atoms with Gasteiger partial charge < -0.3 is 0 Å². The Morgan fingerprint density at radius 1 is 0.215 bits per heavy atom. The van der Waals surface area contributed by atoms with Crippen molar-refractivity contribution in [3.63, 3.8) is 0 Å². The molecule has 0 aliphatic carbocycles. The van der Waals surface area contributed by atoms with Crippen molar-refractivity contribution in [1.29, 1.82) is 0 Å². The maximum atomic E-state index is 5.60. The third kappa shape index (κ3) is 6.36. The van der Waals surface area contributed by atoms with Gasteiger partial charge >= 0.3 is 8.72 Å². The van der Waals surface area contributed by atoms with Crippen molar-refractivity contribution >= 4 is 54.7 Å². The van der Waals surface area contributed by atoms with E-state index in [9.17, 15) is 0 Å². The number of nitrogens with zero attached hydrogens (tertiary/aromatic N) is 8. The fourth-order valence-corrected chi connectivity index (χ4v) is 14.3. The molecule has 1 spiro atoms. The third-order valence-corrected chi connectivity index (χ3v) is 16.3. The highest BCUT2D eigenvalue weighted by atomic mass is 28.4. The summed E-state index contributed by atoms with van der Waals surface area (Å²) in [5, 5.41) is 0. The zero-order chi connectivity index (χ0) is 43.2. The number of rotatable bonds is 8. The van der Waals surface area contributed by atoms with Gasteiger partial charge in [0.15, 0.2) is 0 Å². The van der Waals surface area contributed by atoms with Crippen LogP contribution in [0, 0.1) is 0 Å². The van der Waals surface area contributed by atoms with E-state index in [1.54, 1.807) is 0 Å². The molecule has 0 N–H and O–H groups in total. The first-order valence-electron chi connectivity index (χ1n) is 21.7. The lowest BCUT2D eigenvalue weighted by Crippen LogP contribution is -2.76. The van der Waals surface area contributed by atoms with Crippen LogP contribution in [0.1, 0.15) is 0 Å². The number of pyridine rings is 4. The maximum Gasteiger partial charge on any atom is 0.526 e. The molecule has 8 nitrogen and oxygen atoms in total. The van der Waals surface area contributed by atoms with Crippen LogP contribution in [0.15, 0.2) is 243 Å². The van der Waals surface area contributed by atoms with Crippen LogP contribution in [-0.2, 0) is 0 Å². The van der Waals surface area contributed by atoms with Gasteiger partial charge in [-0.3, -0.25) is 18.3 Å². The Balaban J connectivity index is 1.22.